The molecule has 0 aliphatic rings. The quantitative estimate of drug-likeness (QED) is 0.172. The Balaban J connectivity index is 1.17. The van der Waals surface area contributed by atoms with Crippen LogP contribution in [-0.4, -0.2) is 24.1 Å². The zero-order valence-corrected chi connectivity index (χ0v) is 28.0. The number of fused-ring (bicyclic) bond motifs is 3. The third kappa shape index (κ3) is 4.26. The van der Waals surface area contributed by atoms with E-state index in [-0.39, 0.29) is 0 Å². The minimum absolute atomic E-state index is 0.597. The highest BCUT2D eigenvalue weighted by molar-refractivity contribution is 6.26. The van der Waals surface area contributed by atoms with Gasteiger partial charge in [0.1, 0.15) is 0 Å². The van der Waals surface area contributed by atoms with Crippen LogP contribution in [-0.2, 0) is 0 Å². The molecule has 0 radical (unpaired) electrons. The highest BCUT2D eigenvalue weighted by atomic mass is 15.2. The molecule has 0 bridgehead atoms. The summed E-state index contributed by atoms with van der Waals surface area (Å²) < 4.78 is 4.60. The molecule has 0 saturated carbocycles. The molecule has 0 N–H and O–H groups in total. The van der Waals surface area contributed by atoms with Gasteiger partial charge in [-0.3, -0.25) is 4.57 Å². The maximum atomic E-state index is 5.14. The summed E-state index contributed by atoms with van der Waals surface area (Å²) in [7, 11) is 0. The average molecular weight is 664 g/mol. The van der Waals surface area contributed by atoms with E-state index in [4.69, 9.17) is 15.0 Å². The lowest BCUT2D eigenvalue weighted by Crippen LogP contribution is -2.06. The van der Waals surface area contributed by atoms with Gasteiger partial charge in [-0.05, 0) is 58.3 Å². The van der Waals surface area contributed by atoms with E-state index < -0.39 is 0 Å². The highest BCUT2D eigenvalue weighted by Gasteiger charge is 2.22. The van der Waals surface area contributed by atoms with Crippen molar-refractivity contribution in [1.82, 2.24) is 24.1 Å². The lowest BCUT2D eigenvalue weighted by molar-refractivity contribution is 0.954. The molecular weight excluding hydrogens is 635 g/mol. The van der Waals surface area contributed by atoms with Crippen LogP contribution >= 0.6 is 0 Å². The molecule has 3 heterocycles. The van der Waals surface area contributed by atoms with Crippen molar-refractivity contribution in [2.75, 3.05) is 0 Å². The second-order valence-electron chi connectivity index (χ2n) is 13.3. The number of nitrogens with zero attached hydrogens (tertiary/aromatic N) is 5. The van der Waals surface area contributed by atoms with Gasteiger partial charge in [0, 0.05) is 38.4 Å². The standard InChI is InChI=1S/C47H29N5/c1-4-13-31(14-5-1)45-48-46(32-15-6-2-7-16-32)50-47(49-45)52-40-22-12-17-30-23-26-38-35(27-28-41(52)44(38)43(30)40)33-24-25-37-36-20-10-11-21-39(36)51(42(37)29-33)34-18-8-3-9-19-34/h1-29H. The Morgan fingerprint density at radius 3 is 1.71 bits per heavy atom. The van der Waals surface area contributed by atoms with Crippen LogP contribution in [0.25, 0.3) is 99.9 Å². The Bertz CT molecular complexity index is 3050. The molecule has 5 heteroatoms. The Labute approximate surface area is 299 Å². The summed E-state index contributed by atoms with van der Waals surface area (Å²) in [4.78, 5) is 15.3. The first-order chi connectivity index (χ1) is 25.8. The molecule has 0 aliphatic heterocycles. The van der Waals surface area contributed by atoms with Crippen molar-refractivity contribution in [3.05, 3.63) is 176 Å². The Morgan fingerprint density at radius 2 is 0.962 bits per heavy atom. The minimum Gasteiger partial charge on any atom is -0.309 e. The summed E-state index contributed by atoms with van der Waals surface area (Å²) in [5.74, 6) is 1.88. The molecule has 0 amide bonds. The van der Waals surface area contributed by atoms with Crippen LogP contribution in [0.3, 0.4) is 0 Å². The van der Waals surface area contributed by atoms with Crippen molar-refractivity contribution in [1.29, 1.82) is 0 Å². The van der Waals surface area contributed by atoms with Gasteiger partial charge in [0.15, 0.2) is 11.6 Å². The van der Waals surface area contributed by atoms with Gasteiger partial charge < -0.3 is 4.57 Å². The zero-order chi connectivity index (χ0) is 34.2. The highest BCUT2D eigenvalue weighted by Crippen LogP contribution is 2.43. The molecule has 8 aromatic carbocycles. The number of hydrogen-bond acceptors (Lipinski definition) is 3. The first kappa shape index (κ1) is 28.7. The van der Waals surface area contributed by atoms with Crippen molar-refractivity contribution in [2.45, 2.75) is 0 Å². The largest absolute Gasteiger partial charge is 0.309 e. The molecule has 5 nitrogen and oxygen atoms in total. The molecule has 0 unspecified atom stereocenters. The van der Waals surface area contributed by atoms with Crippen LogP contribution in [0.15, 0.2) is 176 Å². The molecule has 52 heavy (non-hydrogen) atoms. The summed E-state index contributed by atoms with van der Waals surface area (Å²) in [6, 6.07) is 62.1. The van der Waals surface area contributed by atoms with E-state index in [1.54, 1.807) is 0 Å². The summed E-state index contributed by atoms with van der Waals surface area (Å²) in [6.07, 6.45) is 0. The van der Waals surface area contributed by atoms with Gasteiger partial charge in [-0.25, -0.2) is 4.98 Å². The fourth-order valence-corrected chi connectivity index (χ4v) is 8.05. The minimum atomic E-state index is 0.597. The molecular formula is C47H29N5. The van der Waals surface area contributed by atoms with Gasteiger partial charge in [0.2, 0.25) is 5.95 Å². The first-order valence-electron chi connectivity index (χ1n) is 17.5. The van der Waals surface area contributed by atoms with E-state index >= 15 is 0 Å². The lowest BCUT2D eigenvalue weighted by Gasteiger charge is -2.12. The van der Waals surface area contributed by atoms with Crippen LogP contribution in [0, 0.1) is 0 Å². The monoisotopic (exact) mass is 663 g/mol. The second kappa shape index (κ2) is 11.2. The van der Waals surface area contributed by atoms with Crippen LogP contribution < -0.4 is 0 Å². The van der Waals surface area contributed by atoms with Crippen molar-refractivity contribution in [3.8, 4) is 45.5 Å². The predicted octanol–water partition coefficient (Wildman–Crippen LogP) is 11.7. The molecule has 11 rings (SSSR count). The van der Waals surface area contributed by atoms with E-state index in [0.717, 1.165) is 27.8 Å². The van der Waals surface area contributed by atoms with Crippen LogP contribution in [0.1, 0.15) is 0 Å². The Kier molecular flexibility index (Phi) is 6.18. The van der Waals surface area contributed by atoms with Crippen LogP contribution in [0.2, 0.25) is 0 Å². The normalized spacial score (nSPS) is 11.8. The predicted molar refractivity (Wildman–Crippen MR) is 214 cm³/mol. The van der Waals surface area contributed by atoms with Gasteiger partial charge in [-0.2, -0.15) is 9.97 Å². The second-order valence-corrected chi connectivity index (χ2v) is 13.3. The van der Waals surface area contributed by atoms with E-state index in [0.29, 0.717) is 17.6 Å². The van der Waals surface area contributed by atoms with E-state index in [9.17, 15) is 0 Å². The van der Waals surface area contributed by atoms with Crippen molar-refractivity contribution in [3.63, 3.8) is 0 Å². The molecule has 0 aliphatic carbocycles. The number of benzene rings is 8. The van der Waals surface area contributed by atoms with E-state index in [1.807, 2.05) is 60.7 Å². The SMILES string of the molecule is c1ccc(-c2nc(-c3ccccc3)nc(-n3c4cccc5ccc6c(-c7ccc8c9ccccc9n(-c9ccccc9)c8c7)ccc3c6c54)n2)cc1. The molecule has 0 atom stereocenters. The lowest BCUT2D eigenvalue weighted by atomic mass is 9.94. The van der Waals surface area contributed by atoms with Crippen molar-refractivity contribution in [2.24, 2.45) is 0 Å². The zero-order valence-electron chi connectivity index (χ0n) is 28.0. The molecule has 11 aromatic rings. The van der Waals surface area contributed by atoms with E-state index in [2.05, 4.69) is 124 Å². The van der Waals surface area contributed by atoms with E-state index in [1.165, 1.54) is 54.5 Å². The number of rotatable bonds is 5. The third-order valence-corrected chi connectivity index (χ3v) is 10.3. The maximum Gasteiger partial charge on any atom is 0.238 e. The number of aromatic nitrogens is 5. The summed E-state index contributed by atoms with van der Waals surface area (Å²) in [5.41, 5.74) is 9.93. The van der Waals surface area contributed by atoms with Crippen LogP contribution in [0.5, 0.6) is 0 Å². The molecule has 0 fully saturated rings. The molecule has 0 spiro atoms. The number of hydrogen-bond donors (Lipinski definition) is 0. The van der Waals surface area contributed by atoms with Gasteiger partial charge in [0.05, 0.1) is 22.1 Å². The molecule has 3 aromatic heterocycles. The van der Waals surface area contributed by atoms with Crippen molar-refractivity contribution < 1.29 is 0 Å². The van der Waals surface area contributed by atoms with Crippen molar-refractivity contribution >= 4 is 54.4 Å². The third-order valence-electron chi connectivity index (χ3n) is 10.3. The Hall–Kier alpha value is -7.11. The topological polar surface area (TPSA) is 48.5 Å². The van der Waals surface area contributed by atoms with Crippen LogP contribution in [0.4, 0.5) is 0 Å². The average Bonchev–Trinajstić information content (AvgIpc) is 3.74. The fraction of sp³-hybridized carbons (Fsp3) is 0. The maximum absolute atomic E-state index is 5.14. The van der Waals surface area contributed by atoms with Gasteiger partial charge >= 0.3 is 0 Å². The van der Waals surface area contributed by atoms with Gasteiger partial charge in [-0.15, -0.1) is 0 Å². The summed E-state index contributed by atoms with van der Waals surface area (Å²) >= 11 is 0. The molecule has 0 saturated heterocycles. The number of para-hydroxylation sites is 2. The summed E-state index contributed by atoms with van der Waals surface area (Å²) in [6.45, 7) is 0. The first-order valence-corrected chi connectivity index (χ1v) is 17.5. The summed E-state index contributed by atoms with van der Waals surface area (Å²) in [5, 5.41) is 7.29. The van der Waals surface area contributed by atoms with Gasteiger partial charge in [-0.1, -0.05) is 140 Å². The Morgan fingerprint density at radius 1 is 0.346 bits per heavy atom. The smallest absolute Gasteiger partial charge is 0.238 e. The fourth-order valence-electron chi connectivity index (χ4n) is 8.05. The molecule has 242 valence electrons. The van der Waals surface area contributed by atoms with Gasteiger partial charge in [0.25, 0.3) is 0 Å².